The Morgan fingerprint density at radius 3 is 2.56 bits per heavy atom. The Balaban J connectivity index is 0.00000289. The van der Waals surface area contributed by atoms with Crippen LogP contribution in [-0.4, -0.2) is 30.4 Å². The molecular formula is C24H28Cl2N2O4. The molecule has 0 saturated carbocycles. The van der Waals surface area contributed by atoms with Crippen molar-refractivity contribution in [3.8, 4) is 0 Å². The molecule has 0 bridgehead atoms. The number of halogens is 2. The highest BCUT2D eigenvalue weighted by molar-refractivity contribution is 6.32. The van der Waals surface area contributed by atoms with Crippen molar-refractivity contribution in [1.82, 2.24) is 10.2 Å². The summed E-state index contributed by atoms with van der Waals surface area (Å²) in [5.74, 6) is 1.93. The number of aryl methyl sites for hydroxylation is 2. The molecule has 0 radical (unpaired) electrons. The number of nitrogens with one attached hydrogen (secondary N) is 1. The Hall–Kier alpha value is -2.28. The van der Waals surface area contributed by atoms with Crippen molar-refractivity contribution in [2.75, 3.05) is 19.6 Å². The van der Waals surface area contributed by atoms with Crippen molar-refractivity contribution >= 4 is 40.9 Å². The fraction of sp³-hybridized carbons (Fsp3) is 0.417. The number of carbonyl (C=O) groups excluding carboxylic acids is 1. The molecule has 3 heterocycles. The number of amides is 1. The summed E-state index contributed by atoms with van der Waals surface area (Å²) in [6.07, 6.45) is 2.23. The molecule has 1 amide bonds. The number of carbonyl (C=O) groups is 1. The van der Waals surface area contributed by atoms with Gasteiger partial charge in [-0.15, -0.1) is 12.4 Å². The predicted molar refractivity (Wildman–Crippen MR) is 128 cm³/mol. The first-order valence-corrected chi connectivity index (χ1v) is 11.0. The quantitative estimate of drug-likeness (QED) is 0.539. The first kappa shape index (κ1) is 24.4. The Bertz CT molecular complexity index is 1160. The number of benzene rings is 1. The van der Waals surface area contributed by atoms with Crippen LogP contribution in [0.3, 0.4) is 0 Å². The fourth-order valence-corrected chi connectivity index (χ4v) is 4.21. The Morgan fingerprint density at radius 1 is 1.19 bits per heavy atom. The first-order valence-electron chi connectivity index (χ1n) is 10.6. The van der Waals surface area contributed by atoms with E-state index in [9.17, 15) is 9.59 Å². The van der Waals surface area contributed by atoms with Gasteiger partial charge < -0.3 is 14.2 Å². The number of likely N-dealkylation sites (tertiary alicyclic amines) is 1. The van der Waals surface area contributed by atoms with E-state index in [4.69, 9.17) is 20.4 Å². The highest BCUT2D eigenvalue weighted by atomic mass is 35.5. The summed E-state index contributed by atoms with van der Waals surface area (Å²) in [5.41, 5.74) is 0.835. The van der Waals surface area contributed by atoms with Crippen LogP contribution in [0.1, 0.15) is 53.4 Å². The van der Waals surface area contributed by atoms with Crippen molar-refractivity contribution in [2.24, 2.45) is 5.92 Å². The van der Waals surface area contributed by atoms with E-state index in [-0.39, 0.29) is 29.6 Å². The summed E-state index contributed by atoms with van der Waals surface area (Å²) < 4.78 is 11.6. The van der Waals surface area contributed by atoms with Crippen LogP contribution in [0.25, 0.3) is 11.0 Å². The monoisotopic (exact) mass is 478 g/mol. The number of hydrogen-bond donors (Lipinski definition) is 1. The van der Waals surface area contributed by atoms with E-state index in [1.807, 2.05) is 26.0 Å². The summed E-state index contributed by atoms with van der Waals surface area (Å²) in [7, 11) is 0. The van der Waals surface area contributed by atoms with Gasteiger partial charge in [-0.05, 0) is 75.5 Å². The van der Waals surface area contributed by atoms with Crippen LogP contribution < -0.4 is 10.7 Å². The summed E-state index contributed by atoms with van der Waals surface area (Å²) in [5, 5.41) is 3.78. The molecule has 1 saturated heterocycles. The van der Waals surface area contributed by atoms with E-state index < -0.39 is 5.91 Å². The molecule has 4 rings (SSSR count). The van der Waals surface area contributed by atoms with E-state index in [1.165, 1.54) is 6.07 Å². The van der Waals surface area contributed by atoms with Crippen LogP contribution in [-0.2, 0) is 0 Å². The Morgan fingerprint density at radius 2 is 1.91 bits per heavy atom. The number of nitrogens with zero attached hydrogens (tertiary/aromatic N) is 1. The molecule has 0 spiro atoms. The van der Waals surface area contributed by atoms with E-state index in [1.54, 1.807) is 12.1 Å². The SMILES string of the molecule is Cc1ccc(C(CNC(=O)c2cc(=O)c3cc(Cl)c(C)cc3o2)N2CCC(C)CC2)o1.Cl. The number of furan rings is 1. The lowest BCUT2D eigenvalue weighted by Crippen LogP contribution is -2.41. The summed E-state index contributed by atoms with van der Waals surface area (Å²) >= 11 is 6.12. The minimum absolute atomic E-state index is 0. The topological polar surface area (TPSA) is 75.7 Å². The standard InChI is InChI=1S/C24H27ClN2O4.ClH/c1-14-6-8-27(9-7-14)19(21-5-4-16(3)30-21)13-26-24(29)23-12-20(28)17-11-18(25)15(2)10-22(17)31-23;/h4-5,10-12,14,19H,6-9,13H2,1-3H3,(H,26,29);1H. The predicted octanol–water partition coefficient (Wildman–Crippen LogP) is 5.28. The number of hydrogen-bond acceptors (Lipinski definition) is 5. The van der Waals surface area contributed by atoms with Crippen LogP contribution >= 0.6 is 24.0 Å². The van der Waals surface area contributed by atoms with Crippen molar-refractivity contribution in [3.63, 3.8) is 0 Å². The second-order valence-corrected chi connectivity index (χ2v) is 8.87. The summed E-state index contributed by atoms with van der Waals surface area (Å²) in [6.45, 7) is 8.27. The zero-order valence-electron chi connectivity index (χ0n) is 18.4. The molecule has 8 heteroatoms. The van der Waals surface area contributed by atoms with Gasteiger partial charge in [-0.3, -0.25) is 14.5 Å². The maximum Gasteiger partial charge on any atom is 0.287 e. The highest BCUT2D eigenvalue weighted by Gasteiger charge is 2.27. The van der Waals surface area contributed by atoms with Gasteiger partial charge in [0.15, 0.2) is 11.2 Å². The van der Waals surface area contributed by atoms with Crippen molar-refractivity contribution in [2.45, 2.75) is 39.7 Å². The molecule has 32 heavy (non-hydrogen) atoms. The lowest BCUT2D eigenvalue weighted by Gasteiger charge is -2.35. The van der Waals surface area contributed by atoms with Crippen LogP contribution in [0.2, 0.25) is 5.02 Å². The molecule has 2 aromatic heterocycles. The average molecular weight is 479 g/mol. The van der Waals surface area contributed by atoms with Gasteiger partial charge in [-0.25, -0.2) is 0 Å². The van der Waals surface area contributed by atoms with E-state index >= 15 is 0 Å². The third kappa shape index (κ3) is 5.20. The average Bonchev–Trinajstić information content (AvgIpc) is 3.16. The third-order valence-electron chi connectivity index (χ3n) is 6.04. The summed E-state index contributed by atoms with van der Waals surface area (Å²) in [4.78, 5) is 27.7. The Labute approximate surface area is 198 Å². The van der Waals surface area contributed by atoms with Gasteiger partial charge in [0.2, 0.25) is 0 Å². The van der Waals surface area contributed by atoms with Crippen LogP contribution in [0.4, 0.5) is 0 Å². The van der Waals surface area contributed by atoms with Crippen molar-refractivity contribution in [1.29, 1.82) is 0 Å². The smallest absolute Gasteiger partial charge is 0.287 e. The molecule has 1 N–H and O–H groups in total. The largest absolute Gasteiger partial charge is 0.465 e. The highest BCUT2D eigenvalue weighted by Crippen LogP contribution is 2.28. The van der Waals surface area contributed by atoms with Gasteiger partial charge in [0.05, 0.1) is 11.4 Å². The molecule has 1 atom stereocenters. The summed E-state index contributed by atoms with van der Waals surface area (Å²) in [6, 6.07) is 8.31. The molecule has 6 nitrogen and oxygen atoms in total. The molecule has 172 valence electrons. The minimum Gasteiger partial charge on any atom is -0.465 e. The van der Waals surface area contributed by atoms with Crippen LogP contribution in [0, 0.1) is 19.8 Å². The fourth-order valence-electron chi connectivity index (χ4n) is 4.05. The lowest BCUT2D eigenvalue weighted by atomic mass is 9.97. The van der Waals surface area contributed by atoms with Crippen LogP contribution in [0.15, 0.2) is 44.0 Å². The van der Waals surface area contributed by atoms with Crippen molar-refractivity contribution < 1.29 is 13.6 Å². The van der Waals surface area contributed by atoms with E-state index in [0.717, 1.165) is 43.0 Å². The Kier molecular flexibility index (Phi) is 7.70. The third-order valence-corrected chi connectivity index (χ3v) is 6.44. The number of fused-ring (bicyclic) bond motifs is 1. The van der Waals surface area contributed by atoms with Gasteiger partial charge in [-0.1, -0.05) is 18.5 Å². The molecule has 1 fully saturated rings. The normalized spacial score (nSPS) is 16.0. The van der Waals surface area contributed by atoms with Crippen LogP contribution in [0.5, 0.6) is 0 Å². The van der Waals surface area contributed by atoms with Gasteiger partial charge >= 0.3 is 0 Å². The second kappa shape index (κ2) is 10.1. The zero-order valence-corrected chi connectivity index (χ0v) is 20.0. The van der Waals surface area contributed by atoms with Gasteiger partial charge in [0.25, 0.3) is 5.91 Å². The molecule has 3 aromatic rings. The van der Waals surface area contributed by atoms with Gasteiger partial charge in [-0.2, -0.15) is 0 Å². The lowest BCUT2D eigenvalue weighted by molar-refractivity contribution is 0.0870. The molecule has 1 aliphatic heterocycles. The van der Waals surface area contributed by atoms with Crippen molar-refractivity contribution in [3.05, 3.63) is 68.4 Å². The first-order chi connectivity index (χ1) is 14.8. The molecule has 1 aliphatic rings. The molecule has 1 aromatic carbocycles. The molecule has 0 aliphatic carbocycles. The number of rotatable bonds is 5. The van der Waals surface area contributed by atoms with E-state index in [2.05, 4.69) is 17.1 Å². The molecular weight excluding hydrogens is 451 g/mol. The van der Waals surface area contributed by atoms with Gasteiger partial charge in [0, 0.05) is 17.6 Å². The van der Waals surface area contributed by atoms with Gasteiger partial charge in [0.1, 0.15) is 17.1 Å². The maximum absolute atomic E-state index is 12.8. The molecule has 1 unspecified atom stereocenters. The minimum atomic E-state index is -0.426. The zero-order chi connectivity index (χ0) is 22.1. The number of piperidine rings is 1. The maximum atomic E-state index is 12.8. The van der Waals surface area contributed by atoms with E-state index in [0.29, 0.717) is 28.5 Å². The second-order valence-electron chi connectivity index (χ2n) is 8.47.